The van der Waals surface area contributed by atoms with Gasteiger partial charge in [0.15, 0.2) is 0 Å². The molecule has 1 aliphatic heterocycles. The maximum Gasteiger partial charge on any atom is 0.321 e. The first-order valence-corrected chi connectivity index (χ1v) is 6.34. The molecule has 0 spiro atoms. The van der Waals surface area contributed by atoms with Crippen LogP contribution in [0.1, 0.15) is 19.8 Å². The molecule has 2 N–H and O–H groups in total. The average molecular weight is 217 g/mol. The summed E-state index contributed by atoms with van der Waals surface area (Å²) in [6.07, 6.45) is 2.24. The quantitative estimate of drug-likeness (QED) is 0.681. The third-order valence-electron chi connectivity index (χ3n) is 3.29. The van der Waals surface area contributed by atoms with Gasteiger partial charge in [-0.15, -0.1) is 0 Å². The summed E-state index contributed by atoms with van der Waals surface area (Å²) < 4.78 is 11.5. The normalized spacial score (nSPS) is 40.5. The van der Waals surface area contributed by atoms with Gasteiger partial charge in [0, 0.05) is 28.3 Å². The second-order valence-corrected chi connectivity index (χ2v) is 6.08. The summed E-state index contributed by atoms with van der Waals surface area (Å²) in [6, 6.07) is -0.495. The lowest BCUT2D eigenvalue weighted by atomic mass is 9.99. The molecule has 2 aliphatic rings. The Balaban J connectivity index is 2.06. The number of hydrogen-bond acceptors (Lipinski definition) is 3. The summed E-state index contributed by atoms with van der Waals surface area (Å²) in [6.45, 7) is 2.13. The molecule has 5 heteroatoms. The summed E-state index contributed by atoms with van der Waals surface area (Å²) in [5, 5.41) is 12.0. The Morgan fingerprint density at radius 3 is 2.64 bits per heavy atom. The second kappa shape index (κ2) is 3.31. The Bertz CT molecular complexity index is 288. The van der Waals surface area contributed by atoms with E-state index in [0.29, 0.717) is 5.75 Å². The summed E-state index contributed by atoms with van der Waals surface area (Å²) in [5.74, 6) is -0.0188. The van der Waals surface area contributed by atoms with Gasteiger partial charge in [-0.1, -0.05) is 6.92 Å². The Kier molecular flexibility index (Phi) is 2.39. The van der Waals surface area contributed by atoms with Crippen LogP contribution < -0.4 is 5.32 Å². The third kappa shape index (κ3) is 1.83. The molecule has 4 nitrogen and oxygen atoms in total. The SMILES string of the molecule is CC1(C2CS(=O)CC(C(=O)O)N2)CC1. The Labute approximate surface area is 85.5 Å². The van der Waals surface area contributed by atoms with Crippen molar-refractivity contribution in [2.75, 3.05) is 11.5 Å². The van der Waals surface area contributed by atoms with Crippen molar-refractivity contribution in [1.82, 2.24) is 5.32 Å². The Hall–Kier alpha value is -0.420. The van der Waals surface area contributed by atoms with Crippen LogP contribution in [-0.4, -0.2) is 38.9 Å². The molecule has 0 aromatic rings. The lowest BCUT2D eigenvalue weighted by Gasteiger charge is -2.32. The largest absolute Gasteiger partial charge is 0.480 e. The highest BCUT2D eigenvalue weighted by molar-refractivity contribution is 7.85. The number of hydrogen-bond donors (Lipinski definition) is 2. The fourth-order valence-electron chi connectivity index (χ4n) is 1.87. The zero-order chi connectivity index (χ0) is 10.3. The van der Waals surface area contributed by atoms with Crippen molar-refractivity contribution in [2.24, 2.45) is 5.41 Å². The summed E-state index contributed by atoms with van der Waals surface area (Å²) in [5.41, 5.74) is 0.198. The van der Waals surface area contributed by atoms with E-state index >= 15 is 0 Å². The number of rotatable bonds is 2. The highest BCUT2D eigenvalue weighted by Gasteiger charge is 2.48. The van der Waals surface area contributed by atoms with Crippen LogP contribution in [-0.2, 0) is 15.6 Å². The highest BCUT2D eigenvalue weighted by Crippen LogP contribution is 2.48. The standard InChI is InChI=1S/C9H15NO3S/c1-9(2-3-9)7-5-14(13)4-6(10-7)8(11)12/h6-7,10H,2-5H2,1H3,(H,11,12). The second-order valence-electron chi connectivity index (χ2n) is 4.54. The van der Waals surface area contributed by atoms with Crippen molar-refractivity contribution in [3.63, 3.8) is 0 Å². The zero-order valence-corrected chi connectivity index (χ0v) is 8.97. The molecule has 3 unspecified atom stereocenters. The summed E-state index contributed by atoms with van der Waals surface area (Å²) in [7, 11) is -0.971. The van der Waals surface area contributed by atoms with E-state index in [-0.39, 0.29) is 17.2 Å². The molecule has 2 rings (SSSR count). The van der Waals surface area contributed by atoms with E-state index in [0.717, 1.165) is 12.8 Å². The number of carboxylic acids is 1. The van der Waals surface area contributed by atoms with Crippen LogP contribution in [0.4, 0.5) is 0 Å². The smallest absolute Gasteiger partial charge is 0.321 e. The topological polar surface area (TPSA) is 66.4 Å². The van der Waals surface area contributed by atoms with Crippen LogP contribution in [0.15, 0.2) is 0 Å². The van der Waals surface area contributed by atoms with E-state index in [4.69, 9.17) is 5.11 Å². The molecule has 80 valence electrons. The molecule has 2 fully saturated rings. The first-order valence-electron chi connectivity index (χ1n) is 4.85. The maximum atomic E-state index is 11.5. The zero-order valence-electron chi connectivity index (χ0n) is 8.16. The predicted molar refractivity (Wildman–Crippen MR) is 53.6 cm³/mol. The van der Waals surface area contributed by atoms with Gasteiger partial charge in [-0.25, -0.2) is 0 Å². The molecule has 0 bridgehead atoms. The molecule has 14 heavy (non-hydrogen) atoms. The van der Waals surface area contributed by atoms with Gasteiger partial charge >= 0.3 is 5.97 Å². The van der Waals surface area contributed by atoms with E-state index in [2.05, 4.69) is 12.2 Å². The third-order valence-corrected chi connectivity index (χ3v) is 4.70. The van der Waals surface area contributed by atoms with Crippen LogP contribution in [0.5, 0.6) is 0 Å². The van der Waals surface area contributed by atoms with Crippen LogP contribution >= 0.6 is 0 Å². The van der Waals surface area contributed by atoms with E-state index in [1.54, 1.807) is 0 Å². The lowest BCUT2D eigenvalue weighted by Crippen LogP contribution is -2.56. The molecule has 0 aromatic heterocycles. The molecule has 0 aromatic carbocycles. The maximum absolute atomic E-state index is 11.5. The molecule has 1 saturated heterocycles. The fourth-order valence-corrected chi connectivity index (χ4v) is 3.49. The van der Waals surface area contributed by atoms with Crippen molar-refractivity contribution < 1.29 is 14.1 Å². The van der Waals surface area contributed by atoms with E-state index in [1.807, 2.05) is 0 Å². The molecular formula is C9H15NO3S. The van der Waals surface area contributed by atoms with E-state index in [1.165, 1.54) is 0 Å². The lowest BCUT2D eigenvalue weighted by molar-refractivity contribution is -0.139. The fraction of sp³-hybridized carbons (Fsp3) is 0.889. The van der Waals surface area contributed by atoms with Gasteiger partial charge in [-0.05, 0) is 18.3 Å². The van der Waals surface area contributed by atoms with Crippen LogP contribution in [0, 0.1) is 5.41 Å². The Morgan fingerprint density at radius 2 is 2.14 bits per heavy atom. The van der Waals surface area contributed by atoms with E-state index < -0.39 is 22.8 Å². The minimum atomic E-state index is -0.971. The van der Waals surface area contributed by atoms with Crippen molar-refractivity contribution in [3.8, 4) is 0 Å². The average Bonchev–Trinajstić information content (AvgIpc) is 2.84. The number of aliphatic carboxylic acids is 1. The number of nitrogens with one attached hydrogen (secondary N) is 1. The van der Waals surface area contributed by atoms with Crippen LogP contribution in [0.25, 0.3) is 0 Å². The number of carboxylic acid groups (broad SMARTS) is 1. The van der Waals surface area contributed by atoms with E-state index in [9.17, 15) is 9.00 Å². The van der Waals surface area contributed by atoms with Gasteiger partial charge in [0.05, 0.1) is 0 Å². The summed E-state index contributed by atoms with van der Waals surface area (Å²) in [4.78, 5) is 10.8. The first-order chi connectivity index (χ1) is 6.51. The van der Waals surface area contributed by atoms with Crippen molar-refractivity contribution in [3.05, 3.63) is 0 Å². The molecule has 0 radical (unpaired) electrons. The highest BCUT2D eigenvalue weighted by atomic mass is 32.2. The minimum absolute atomic E-state index is 0.123. The molecule has 1 heterocycles. The first kappa shape index (κ1) is 10.1. The molecule has 1 aliphatic carbocycles. The molecular weight excluding hydrogens is 202 g/mol. The molecule has 3 atom stereocenters. The van der Waals surface area contributed by atoms with Crippen molar-refractivity contribution in [1.29, 1.82) is 0 Å². The van der Waals surface area contributed by atoms with Gasteiger partial charge < -0.3 is 5.11 Å². The van der Waals surface area contributed by atoms with Gasteiger partial charge in [0.2, 0.25) is 0 Å². The van der Waals surface area contributed by atoms with Gasteiger partial charge in [-0.2, -0.15) is 0 Å². The van der Waals surface area contributed by atoms with Gasteiger partial charge in [-0.3, -0.25) is 14.3 Å². The minimum Gasteiger partial charge on any atom is -0.480 e. The molecule has 0 amide bonds. The van der Waals surface area contributed by atoms with Crippen LogP contribution in [0.3, 0.4) is 0 Å². The Morgan fingerprint density at radius 1 is 1.50 bits per heavy atom. The van der Waals surface area contributed by atoms with Crippen molar-refractivity contribution >= 4 is 16.8 Å². The predicted octanol–water partition coefficient (Wildman–Crippen LogP) is -0.0398. The molecule has 1 saturated carbocycles. The van der Waals surface area contributed by atoms with Crippen LogP contribution in [0.2, 0.25) is 0 Å². The van der Waals surface area contributed by atoms with Gasteiger partial charge in [0.1, 0.15) is 6.04 Å². The van der Waals surface area contributed by atoms with Gasteiger partial charge in [0.25, 0.3) is 0 Å². The monoisotopic (exact) mass is 217 g/mol. The van der Waals surface area contributed by atoms with Crippen molar-refractivity contribution in [2.45, 2.75) is 31.8 Å². The number of carbonyl (C=O) groups is 1. The summed E-state index contributed by atoms with van der Waals surface area (Å²) >= 11 is 0.